The van der Waals surface area contributed by atoms with Gasteiger partial charge in [0.1, 0.15) is 15.5 Å². The minimum atomic E-state index is -0.333. The number of hydrogen-bond donors (Lipinski definition) is 0. The standard InChI is InChI=1S/C20H20Cl2N4O2S/c1-3-28-19(27)16-12(2)15-17(23-20(22)24-18(15)29-16)26-9-7-25(8-10-26)14-6-4-5-13(21)11-14/h4-6,11H,3,7-10H2,1-2H3. The number of halogens is 2. The minimum Gasteiger partial charge on any atom is -0.462 e. The summed E-state index contributed by atoms with van der Waals surface area (Å²) in [6.45, 7) is 7.25. The molecule has 0 saturated carbocycles. The van der Waals surface area contributed by atoms with E-state index >= 15 is 0 Å². The molecule has 0 amide bonds. The summed E-state index contributed by atoms with van der Waals surface area (Å²) in [5.41, 5.74) is 1.95. The van der Waals surface area contributed by atoms with Gasteiger partial charge in [0.15, 0.2) is 0 Å². The van der Waals surface area contributed by atoms with Crippen molar-refractivity contribution in [3.05, 3.63) is 45.0 Å². The van der Waals surface area contributed by atoms with Crippen molar-refractivity contribution >= 4 is 62.2 Å². The van der Waals surface area contributed by atoms with E-state index in [-0.39, 0.29) is 11.3 Å². The minimum absolute atomic E-state index is 0.182. The quantitative estimate of drug-likeness (QED) is 0.419. The molecule has 1 aliphatic rings. The molecule has 9 heteroatoms. The lowest BCUT2D eigenvalue weighted by Gasteiger charge is -2.37. The number of hydrogen-bond acceptors (Lipinski definition) is 7. The molecule has 0 atom stereocenters. The summed E-state index contributed by atoms with van der Waals surface area (Å²) < 4.78 is 5.19. The summed E-state index contributed by atoms with van der Waals surface area (Å²) >= 11 is 13.6. The lowest BCUT2D eigenvalue weighted by Crippen LogP contribution is -2.47. The molecule has 1 aliphatic heterocycles. The Morgan fingerprint density at radius 2 is 1.90 bits per heavy atom. The highest BCUT2D eigenvalue weighted by Crippen LogP contribution is 2.37. The van der Waals surface area contributed by atoms with Crippen LogP contribution >= 0.6 is 34.5 Å². The molecular formula is C20H20Cl2N4O2S. The van der Waals surface area contributed by atoms with Crippen LogP contribution in [0.25, 0.3) is 10.2 Å². The second kappa shape index (κ2) is 8.34. The van der Waals surface area contributed by atoms with E-state index in [2.05, 4.69) is 25.8 Å². The zero-order valence-corrected chi connectivity index (χ0v) is 18.4. The van der Waals surface area contributed by atoms with Crippen molar-refractivity contribution < 1.29 is 9.53 Å². The van der Waals surface area contributed by atoms with Crippen molar-refractivity contribution in [2.75, 3.05) is 42.6 Å². The second-order valence-corrected chi connectivity index (χ2v) is 8.50. The lowest BCUT2D eigenvalue weighted by atomic mass is 10.1. The first-order valence-electron chi connectivity index (χ1n) is 9.37. The highest BCUT2D eigenvalue weighted by Gasteiger charge is 2.26. The van der Waals surface area contributed by atoms with Crippen molar-refractivity contribution in [1.29, 1.82) is 0 Å². The Labute approximate surface area is 183 Å². The topological polar surface area (TPSA) is 58.6 Å². The molecule has 0 N–H and O–H groups in total. The summed E-state index contributed by atoms with van der Waals surface area (Å²) in [7, 11) is 0. The second-order valence-electron chi connectivity index (χ2n) is 6.73. The lowest BCUT2D eigenvalue weighted by molar-refractivity contribution is 0.0531. The molecule has 2 aromatic heterocycles. The maximum atomic E-state index is 12.3. The van der Waals surface area contributed by atoms with Crippen LogP contribution in [0.5, 0.6) is 0 Å². The van der Waals surface area contributed by atoms with Crippen molar-refractivity contribution in [3.8, 4) is 0 Å². The number of benzene rings is 1. The maximum Gasteiger partial charge on any atom is 0.348 e. The van der Waals surface area contributed by atoms with Gasteiger partial charge in [0, 0.05) is 36.9 Å². The van der Waals surface area contributed by atoms with E-state index in [0.29, 0.717) is 16.3 Å². The predicted octanol–water partition coefficient (Wildman–Crippen LogP) is 4.81. The molecule has 0 radical (unpaired) electrons. The highest BCUT2D eigenvalue weighted by molar-refractivity contribution is 7.20. The number of nitrogens with zero attached hydrogens (tertiary/aromatic N) is 4. The summed E-state index contributed by atoms with van der Waals surface area (Å²) in [5.74, 6) is 0.441. The molecule has 6 nitrogen and oxygen atoms in total. The molecule has 1 saturated heterocycles. The van der Waals surface area contributed by atoms with Gasteiger partial charge in [0.2, 0.25) is 5.28 Å². The summed E-state index contributed by atoms with van der Waals surface area (Å²) in [5, 5.41) is 1.79. The van der Waals surface area contributed by atoms with Crippen LogP contribution in [-0.4, -0.2) is 48.7 Å². The zero-order chi connectivity index (χ0) is 20.5. The number of anilines is 2. The third kappa shape index (κ3) is 3.99. The van der Waals surface area contributed by atoms with Gasteiger partial charge in [0.05, 0.1) is 12.0 Å². The molecule has 4 rings (SSSR count). The molecule has 29 heavy (non-hydrogen) atoms. The van der Waals surface area contributed by atoms with Gasteiger partial charge >= 0.3 is 5.97 Å². The number of carbonyl (C=O) groups is 1. The van der Waals surface area contributed by atoms with Crippen molar-refractivity contribution in [2.45, 2.75) is 13.8 Å². The molecule has 1 fully saturated rings. The van der Waals surface area contributed by atoms with Crippen molar-refractivity contribution in [1.82, 2.24) is 9.97 Å². The Morgan fingerprint density at radius 3 is 2.59 bits per heavy atom. The van der Waals surface area contributed by atoms with Crippen LogP contribution in [0.3, 0.4) is 0 Å². The SMILES string of the molecule is CCOC(=O)c1sc2nc(Cl)nc(N3CCN(c4cccc(Cl)c4)CC3)c2c1C. The summed E-state index contributed by atoms with van der Waals surface area (Å²) in [4.78, 5) is 26.9. The fourth-order valence-electron chi connectivity index (χ4n) is 3.56. The first-order chi connectivity index (χ1) is 14.0. The molecule has 0 bridgehead atoms. The smallest absolute Gasteiger partial charge is 0.348 e. The van der Waals surface area contributed by atoms with Crippen molar-refractivity contribution in [3.63, 3.8) is 0 Å². The molecule has 152 valence electrons. The predicted molar refractivity (Wildman–Crippen MR) is 119 cm³/mol. The molecule has 1 aromatic carbocycles. The number of aryl methyl sites for hydroxylation is 1. The van der Waals surface area contributed by atoms with Crippen molar-refractivity contribution in [2.24, 2.45) is 0 Å². The Morgan fingerprint density at radius 1 is 1.17 bits per heavy atom. The average molecular weight is 451 g/mol. The van der Waals surface area contributed by atoms with Crippen LogP contribution in [0.4, 0.5) is 11.5 Å². The third-order valence-corrected chi connectivity index (χ3v) is 6.53. The number of rotatable bonds is 4. The van der Waals surface area contributed by atoms with Gasteiger partial charge in [-0.15, -0.1) is 11.3 Å². The Kier molecular flexibility index (Phi) is 5.81. The largest absolute Gasteiger partial charge is 0.462 e. The molecule has 0 spiro atoms. The van der Waals surface area contributed by atoms with E-state index in [4.69, 9.17) is 27.9 Å². The fourth-order valence-corrected chi connectivity index (χ4v) is 5.03. The van der Waals surface area contributed by atoms with Crippen LogP contribution in [0.2, 0.25) is 10.3 Å². The van der Waals surface area contributed by atoms with Crippen LogP contribution < -0.4 is 9.80 Å². The monoisotopic (exact) mass is 450 g/mol. The van der Waals surface area contributed by atoms with E-state index in [1.54, 1.807) is 6.92 Å². The number of esters is 1. The van der Waals surface area contributed by atoms with E-state index in [9.17, 15) is 4.79 Å². The van der Waals surface area contributed by atoms with Gasteiger partial charge in [0.25, 0.3) is 0 Å². The van der Waals surface area contributed by atoms with Gasteiger partial charge in [-0.3, -0.25) is 0 Å². The van der Waals surface area contributed by atoms with Gasteiger partial charge in [-0.05, 0) is 49.2 Å². The summed E-state index contributed by atoms with van der Waals surface area (Å²) in [6, 6.07) is 7.88. The average Bonchev–Trinajstić information content (AvgIpc) is 3.04. The van der Waals surface area contributed by atoms with Crippen LogP contribution in [-0.2, 0) is 4.74 Å². The highest BCUT2D eigenvalue weighted by atomic mass is 35.5. The number of fused-ring (bicyclic) bond motifs is 1. The van der Waals surface area contributed by atoms with E-state index in [1.807, 2.05) is 25.1 Å². The fraction of sp³-hybridized carbons (Fsp3) is 0.350. The van der Waals surface area contributed by atoms with Crippen LogP contribution in [0, 0.1) is 6.92 Å². The number of aromatic nitrogens is 2. The number of piperazine rings is 1. The molecule has 3 heterocycles. The maximum absolute atomic E-state index is 12.3. The first kappa shape index (κ1) is 20.2. The van der Waals surface area contributed by atoms with Gasteiger partial charge in [-0.1, -0.05) is 17.7 Å². The van der Waals surface area contributed by atoms with Crippen LogP contribution in [0.15, 0.2) is 24.3 Å². The normalized spacial score (nSPS) is 14.5. The molecule has 3 aromatic rings. The number of thiophene rings is 1. The summed E-state index contributed by atoms with van der Waals surface area (Å²) in [6.07, 6.45) is 0. The Balaban J connectivity index is 1.63. The first-order valence-corrected chi connectivity index (χ1v) is 10.9. The van der Waals surface area contributed by atoms with Crippen LogP contribution in [0.1, 0.15) is 22.2 Å². The Bertz CT molecular complexity index is 1060. The van der Waals surface area contributed by atoms with Gasteiger partial charge in [-0.25, -0.2) is 9.78 Å². The van der Waals surface area contributed by atoms with Gasteiger partial charge < -0.3 is 14.5 Å². The van der Waals surface area contributed by atoms with Gasteiger partial charge in [-0.2, -0.15) is 4.98 Å². The molecule has 0 aliphatic carbocycles. The van der Waals surface area contributed by atoms with E-state index in [1.165, 1.54) is 11.3 Å². The zero-order valence-electron chi connectivity index (χ0n) is 16.1. The number of carbonyl (C=O) groups excluding carboxylic acids is 1. The molecule has 0 unspecified atom stereocenters. The number of ether oxygens (including phenoxy) is 1. The Hall–Kier alpha value is -2.09. The molecular weight excluding hydrogens is 431 g/mol. The van der Waals surface area contributed by atoms with E-state index < -0.39 is 0 Å². The van der Waals surface area contributed by atoms with E-state index in [0.717, 1.165) is 53.7 Å². The third-order valence-electron chi connectivity index (χ3n) is 4.96.